The van der Waals surface area contributed by atoms with Crippen molar-refractivity contribution in [1.29, 1.82) is 0 Å². The summed E-state index contributed by atoms with van der Waals surface area (Å²) < 4.78 is 5.20. The van der Waals surface area contributed by atoms with Crippen LogP contribution in [-0.2, 0) is 4.74 Å². The molecule has 2 atom stereocenters. The lowest BCUT2D eigenvalue weighted by Gasteiger charge is -2.24. The molecule has 0 saturated heterocycles. The van der Waals surface area contributed by atoms with Crippen LogP contribution in [0, 0.1) is 11.8 Å². The van der Waals surface area contributed by atoms with Gasteiger partial charge in [-0.3, -0.25) is 0 Å². The number of hydrogen-bond donors (Lipinski definition) is 1. The van der Waals surface area contributed by atoms with Crippen molar-refractivity contribution in [1.82, 2.24) is 0 Å². The van der Waals surface area contributed by atoms with Crippen molar-refractivity contribution >= 4 is 0 Å². The first kappa shape index (κ1) is 9.92. The van der Waals surface area contributed by atoms with E-state index in [9.17, 15) is 0 Å². The molecule has 0 aliphatic carbocycles. The summed E-state index contributed by atoms with van der Waals surface area (Å²) in [5.41, 5.74) is 0. The molecule has 0 saturated carbocycles. The van der Waals surface area contributed by atoms with Gasteiger partial charge < -0.3 is 9.84 Å². The van der Waals surface area contributed by atoms with E-state index in [1.54, 1.807) is 7.11 Å². The van der Waals surface area contributed by atoms with Crippen molar-refractivity contribution in [2.75, 3.05) is 13.7 Å². The number of rotatable bonds is 4. The first-order valence-corrected chi connectivity index (χ1v) is 3.77. The van der Waals surface area contributed by atoms with Crippen LogP contribution >= 0.6 is 0 Å². The minimum atomic E-state index is 0.185. The molecule has 0 aliphatic rings. The SMILES string of the molecule is CO[C@@H](C(C)C)[C@@H](C)CO. The van der Waals surface area contributed by atoms with Crippen molar-refractivity contribution in [2.45, 2.75) is 26.9 Å². The second-order valence-corrected chi connectivity index (χ2v) is 3.10. The second kappa shape index (κ2) is 4.69. The molecule has 0 aromatic carbocycles. The van der Waals surface area contributed by atoms with Crippen molar-refractivity contribution in [2.24, 2.45) is 11.8 Å². The van der Waals surface area contributed by atoms with Gasteiger partial charge >= 0.3 is 0 Å². The van der Waals surface area contributed by atoms with Crippen LogP contribution in [0.3, 0.4) is 0 Å². The first-order valence-electron chi connectivity index (χ1n) is 3.77. The molecule has 0 bridgehead atoms. The Hall–Kier alpha value is -0.0800. The van der Waals surface area contributed by atoms with Gasteiger partial charge in [0, 0.05) is 19.6 Å². The predicted molar refractivity (Wildman–Crippen MR) is 41.9 cm³/mol. The van der Waals surface area contributed by atoms with Gasteiger partial charge in [0.1, 0.15) is 0 Å². The Morgan fingerprint density at radius 2 is 1.80 bits per heavy atom. The third-order valence-electron chi connectivity index (χ3n) is 1.78. The normalized spacial score (nSPS) is 17.4. The van der Waals surface area contributed by atoms with E-state index in [4.69, 9.17) is 9.84 Å². The zero-order valence-corrected chi connectivity index (χ0v) is 7.29. The fourth-order valence-electron chi connectivity index (χ4n) is 1.27. The lowest BCUT2D eigenvalue weighted by Crippen LogP contribution is -2.28. The summed E-state index contributed by atoms with van der Waals surface area (Å²) in [5.74, 6) is 0.720. The summed E-state index contributed by atoms with van der Waals surface area (Å²) in [5, 5.41) is 8.81. The summed E-state index contributed by atoms with van der Waals surface area (Å²) in [6.07, 6.45) is 0.185. The highest BCUT2D eigenvalue weighted by Gasteiger charge is 2.18. The van der Waals surface area contributed by atoms with Crippen molar-refractivity contribution in [3.63, 3.8) is 0 Å². The van der Waals surface area contributed by atoms with Crippen LogP contribution in [-0.4, -0.2) is 24.9 Å². The summed E-state index contributed by atoms with van der Waals surface area (Å²) in [6, 6.07) is 0. The highest BCUT2D eigenvalue weighted by molar-refractivity contribution is 4.67. The standard InChI is InChI=1S/C8H18O2/c1-6(2)8(10-4)7(3)5-9/h6-9H,5H2,1-4H3/t7-,8-/m0/s1. The van der Waals surface area contributed by atoms with E-state index in [0.29, 0.717) is 5.92 Å². The molecule has 2 nitrogen and oxygen atoms in total. The van der Waals surface area contributed by atoms with Crippen molar-refractivity contribution in [3.8, 4) is 0 Å². The van der Waals surface area contributed by atoms with Gasteiger partial charge in [-0.1, -0.05) is 20.8 Å². The lowest BCUT2D eigenvalue weighted by atomic mass is 9.95. The number of ether oxygens (including phenoxy) is 1. The molecule has 0 rings (SSSR count). The molecule has 0 radical (unpaired) electrons. The van der Waals surface area contributed by atoms with E-state index in [0.717, 1.165) is 0 Å². The monoisotopic (exact) mass is 146 g/mol. The summed E-state index contributed by atoms with van der Waals surface area (Å²) in [7, 11) is 1.69. The molecule has 0 aromatic rings. The minimum absolute atomic E-state index is 0.185. The van der Waals surface area contributed by atoms with Crippen LogP contribution in [0.25, 0.3) is 0 Å². The molecule has 2 heteroatoms. The number of methoxy groups -OCH3 is 1. The van der Waals surface area contributed by atoms with Crippen LogP contribution in [0.1, 0.15) is 20.8 Å². The van der Waals surface area contributed by atoms with E-state index in [2.05, 4.69) is 13.8 Å². The zero-order chi connectivity index (χ0) is 8.15. The average molecular weight is 146 g/mol. The molecule has 62 valence electrons. The van der Waals surface area contributed by atoms with Crippen molar-refractivity contribution < 1.29 is 9.84 Å². The number of hydrogen-bond acceptors (Lipinski definition) is 2. The third-order valence-corrected chi connectivity index (χ3v) is 1.78. The Labute approximate surface area is 63.2 Å². The fourth-order valence-corrected chi connectivity index (χ4v) is 1.27. The molecular weight excluding hydrogens is 128 g/mol. The van der Waals surface area contributed by atoms with Gasteiger partial charge in [0.25, 0.3) is 0 Å². The molecule has 1 N–H and O–H groups in total. The van der Waals surface area contributed by atoms with Gasteiger partial charge in [0.05, 0.1) is 6.10 Å². The summed E-state index contributed by atoms with van der Waals surface area (Å²) in [4.78, 5) is 0. The van der Waals surface area contributed by atoms with Gasteiger partial charge in [0.2, 0.25) is 0 Å². The third kappa shape index (κ3) is 2.67. The van der Waals surface area contributed by atoms with Gasteiger partial charge in [-0.2, -0.15) is 0 Å². The van der Waals surface area contributed by atoms with E-state index < -0.39 is 0 Å². The Bertz CT molecular complexity index is 81.3. The Morgan fingerprint density at radius 1 is 1.30 bits per heavy atom. The fraction of sp³-hybridized carbons (Fsp3) is 1.00. The lowest BCUT2D eigenvalue weighted by molar-refractivity contribution is 0.00318. The van der Waals surface area contributed by atoms with Gasteiger partial charge in [-0.15, -0.1) is 0 Å². The molecule has 0 spiro atoms. The van der Waals surface area contributed by atoms with Crippen LogP contribution in [0.2, 0.25) is 0 Å². The Balaban J connectivity index is 3.80. The van der Waals surface area contributed by atoms with Gasteiger partial charge in [-0.25, -0.2) is 0 Å². The number of aliphatic hydroxyl groups is 1. The highest BCUT2D eigenvalue weighted by atomic mass is 16.5. The van der Waals surface area contributed by atoms with E-state index in [1.165, 1.54) is 0 Å². The molecular formula is C8H18O2. The second-order valence-electron chi connectivity index (χ2n) is 3.10. The molecule has 0 fully saturated rings. The summed E-state index contributed by atoms with van der Waals surface area (Å²) in [6.45, 7) is 6.39. The van der Waals surface area contributed by atoms with Gasteiger partial charge in [-0.05, 0) is 5.92 Å². The largest absolute Gasteiger partial charge is 0.396 e. The van der Waals surface area contributed by atoms with E-state index >= 15 is 0 Å². The predicted octanol–water partition coefficient (Wildman–Crippen LogP) is 1.29. The molecule has 0 heterocycles. The maximum atomic E-state index is 8.81. The van der Waals surface area contributed by atoms with E-state index in [1.807, 2.05) is 6.92 Å². The average Bonchev–Trinajstić information content (AvgIpc) is 1.88. The maximum Gasteiger partial charge on any atom is 0.0641 e. The van der Waals surface area contributed by atoms with Crippen LogP contribution in [0.5, 0.6) is 0 Å². The first-order chi connectivity index (χ1) is 4.63. The van der Waals surface area contributed by atoms with Gasteiger partial charge in [0.15, 0.2) is 0 Å². The highest BCUT2D eigenvalue weighted by Crippen LogP contribution is 2.14. The van der Waals surface area contributed by atoms with Crippen molar-refractivity contribution in [3.05, 3.63) is 0 Å². The Kier molecular flexibility index (Phi) is 4.65. The quantitative estimate of drug-likeness (QED) is 0.647. The molecule has 0 aromatic heterocycles. The smallest absolute Gasteiger partial charge is 0.0641 e. The Morgan fingerprint density at radius 3 is 1.90 bits per heavy atom. The number of aliphatic hydroxyl groups excluding tert-OH is 1. The van der Waals surface area contributed by atoms with Crippen LogP contribution < -0.4 is 0 Å². The molecule has 10 heavy (non-hydrogen) atoms. The zero-order valence-electron chi connectivity index (χ0n) is 7.29. The van der Waals surface area contributed by atoms with Crippen LogP contribution in [0.4, 0.5) is 0 Å². The minimum Gasteiger partial charge on any atom is -0.396 e. The summed E-state index contributed by atoms with van der Waals surface area (Å²) >= 11 is 0. The van der Waals surface area contributed by atoms with E-state index in [-0.39, 0.29) is 18.6 Å². The van der Waals surface area contributed by atoms with Crippen LogP contribution in [0.15, 0.2) is 0 Å². The molecule has 0 unspecified atom stereocenters. The molecule has 0 amide bonds. The maximum absolute atomic E-state index is 8.81. The topological polar surface area (TPSA) is 29.5 Å². The molecule has 0 aliphatic heterocycles.